The quantitative estimate of drug-likeness (QED) is 0.511. The molecule has 0 aromatic heterocycles. The fourth-order valence-electron chi connectivity index (χ4n) is 1.46. The van der Waals surface area contributed by atoms with Gasteiger partial charge in [0, 0.05) is 6.42 Å². The van der Waals surface area contributed by atoms with Crippen molar-refractivity contribution < 1.29 is 0 Å². The molecule has 1 fully saturated rings. The number of hydrogen-bond acceptors (Lipinski definition) is 2. The van der Waals surface area contributed by atoms with E-state index in [-0.39, 0.29) is 0 Å². The van der Waals surface area contributed by atoms with E-state index in [9.17, 15) is 0 Å². The molecule has 13 heavy (non-hydrogen) atoms. The minimum atomic E-state index is 0.364. The molecule has 0 unspecified atom stereocenters. The van der Waals surface area contributed by atoms with Crippen LogP contribution in [0.25, 0.3) is 0 Å². The van der Waals surface area contributed by atoms with Crippen molar-refractivity contribution in [1.82, 2.24) is 0 Å². The minimum absolute atomic E-state index is 0.364. The Morgan fingerprint density at radius 3 is 2.54 bits per heavy atom. The molecular formula is C10H20N2S. The van der Waals surface area contributed by atoms with Gasteiger partial charge in [-0.3, -0.25) is 5.41 Å². The van der Waals surface area contributed by atoms with Crippen LogP contribution in [0.3, 0.4) is 0 Å². The molecular weight excluding hydrogens is 180 g/mol. The summed E-state index contributed by atoms with van der Waals surface area (Å²) in [7, 11) is 0. The van der Waals surface area contributed by atoms with Crippen LogP contribution >= 0.6 is 11.8 Å². The van der Waals surface area contributed by atoms with Crippen molar-refractivity contribution >= 4 is 17.6 Å². The first-order chi connectivity index (χ1) is 6.04. The van der Waals surface area contributed by atoms with Crippen molar-refractivity contribution in [2.75, 3.05) is 11.5 Å². The van der Waals surface area contributed by atoms with Crippen LogP contribution in [-0.4, -0.2) is 17.3 Å². The van der Waals surface area contributed by atoms with Gasteiger partial charge in [-0.25, -0.2) is 0 Å². The highest BCUT2D eigenvalue weighted by molar-refractivity contribution is 7.99. The van der Waals surface area contributed by atoms with E-state index in [1.165, 1.54) is 24.3 Å². The lowest BCUT2D eigenvalue weighted by molar-refractivity contribution is 0.610. The van der Waals surface area contributed by atoms with Crippen molar-refractivity contribution in [2.24, 2.45) is 17.1 Å². The monoisotopic (exact) mass is 200 g/mol. The van der Waals surface area contributed by atoms with Crippen LogP contribution in [0.5, 0.6) is 0 Å². The predicted molar refractivity (Wildman–Crippen MR) is 60.4 cm³/mol. The summed E-state index contributed by atoms with van der Waals surface area (Å²) in [5.41, 5.74) is 5.85. The minimum Gasteiger partial charge on any atom is -0.388 e. The summed E-state index contributed by atoms with van der Waals surface area (Å²) >= 11 is 2.02. The first kappa shape index (κ1) is 10.9. The molecule has 0 aromatic carbocycles. The van der Waals surface area contributed by atoms with Crippen LogP contribution in [0.2, 0.25) is 0 Å². The van der Waals surface area contributed by atoms with Crippen LogP contribution < -0.4 is 5.73 Å². The number of thioether (sulfide) groups is 1. The van der Waals surface area contributed by atoms with Gasteiger partial charge >= 0.3 is 0 Å². The van der Waals surface area contributed by atoms with Gasteiger partial charge in [-0.05, 0) is 35.7 Å². The first-order valence-corrected chi connectivity index (χ1v) is 6.10. The molecule has 0 radical (unpaired) electrons. The fraction of sp³-hybridized carbons (Fsp3) is 0.900. The molecule has 0 atom stereocenters. The second kappa shape index (κ2) is 4.36. The maximum Gasteiger partial charge on any atom is 0.0911 e. The van der Waals surface area contributed by atoms with Gasteiger partial charge in [-0.1, -0.05) is 13.8 Å². The maximum atomic E-state index is 7.28. The molecule has 3 heteroatoms. The Hall–Kier alpha value is -0.180. The molecule has 1 rings (SSSR count). The Morgan fingerprint density at radius 1 is 1.54 bits per heavy atom. The zero-order valence-electron chi connectivity index (χ0n) is 8.60. The van der Waals surface area contributed by atoms with Crippen molar-refractivity contribution in [3.63, 3.8) is 0 Å². The Kier molecular flexibility index (Phi) is 3.65. The number of amidine groups is 1. The first-order valence-electron chi connectivity index (χ1n) is 4.95. The molecule has 0 heterocycles. The van der Waals surface area contributed by atoms with Crippen molar-refractivity contribution in [3.05, 3.63) is 0 Å². The average Bonchev–Trinajstić information content (AvgIpc) is 2.66. The van der Waals surface area contributed by atoms with Crippen molar-refractivity contribution in [2.45, 2.75) is 33.1 Å². The standard InChI is InChI=1S/C10H20N2S/c1-8(2)6-13-7-10(3-4-10)5-9(11)12/h8H,3-7H2,1-2H3,(H3,11,12). The van der Waals surface area contributed by atoms with Crippen LogP contribution in [-0.2, 0) is 0 Å². The molecule has 1 saturated carbocycles. The zero-order valence-corrected chi connectivity index (χ0v) is 9.41. The summed E-state index contributed by atoms with van der Waals surface area (Å²) in [6.45, 7) is 4.50. The Bertz CT molecular complexity index is 185. The van der Waals surface area contributed by atoms with Gasteiger partial charge in [0.25, 0.3) is 0 Å². The SMILES string of the molecule is CC(C)CSCC1(CC(=N)N)CC1. The lowest BCUT2D eigenvalue weighted by Crippen LogP contribution is -2.18. The van der Waals surface area contributed by atoms with Crippen molar-refractivity contribution in [1.29, 1.82) is 5.41 Å². The second-order valence-electron chi connectivity index (χ2n) is 4.61. The molecule has 76 valence electrons. The highest BCUT2D eigenvalue weighted by atomic mass is 32.2. The van der Waals surface area contributed by atoms with Gasteiger partial charge in [-0.15, -0.1) is 0 Å². The van der Waals surface area contributed by atoms with Gasteiger partial charge < -0.3 is 5.73 Å². The van der Waals surface area contributed by atoms with Crippen molar-refractivity contribution in [3.8, 4) is 0 Å². The number of nitrogens with two attached hydrogens (primary N) is 1. The van der Waals surface area contributed by atoms with Crippen LogP contribution in [0.15, 0.2) is 0 Å². The van der Waals surface area contributed by atoms with Crippen LogP contribution in [0.4, 0.5) is 0 Å². The summed E-state index contributed by atoms with van der Waals surface area (Å²) in [6.07, 6.45) is 3.37. The third kappa shape index (κ3) is 4.03. The highest BCUT2D eigenvalue weighted by Gasteiger charge is 2.42. The second-order valence-corrected chi connectivity index (χ2v) is 5.64. The zero-order chi connectivity index (χ0) is 9.90. The lowest BCUT2D eigenvalue weighted by Gasteiger charge is -2.14. The van der Waals surface area contributed by atoms with E-state index in [1.54, 1.807) is 0 Å². The average molecular weight is 200 g/mol. The Labute approximate surface area is 85.2 Å². The predicted octanol–water partition coefficient (Wildman–Crippen LogP) is 2.48. The number of hydrogen-bond donors (Lipinski definition) is 2. The van der Waals surface area contributed by atoms with E-state index >= 15 is 0 Å². The van der Waals surface area contributed by atoms with Crippen LogP contribution in [0.1, 0.15) is 33.1 Å². The summed E-state index contributed by atoms with van der Waals surface area (Å²) in [4.78, 5) is 0. The molecule has 2 nitrogen and oxygen atoms in total. The normalized spacial score (nSPS) is 19.0. The van der Waals surface area contributed by atoms with E-state index in [2.05, 4.69) is 13.8 Å². The summed E-state index contributed by atoms with van der Waals surface area (Å²) in [6, 6.07) is 0. The molecule has 1 aliphatic carbocycles. The van der Waals surface area contributed by atoms with E-state index < -0.39 is 0 Å². The fourth-order valence-corrected chi connectivity index (χ4v) is 2.88. The molecule has 3 N–H and O–H groups in total. The number of rotatable bonds is 6. The molecule has 0 amide bonds. The molecule has 0 aromatic rings. The van der Waals surface area contributed by atoms with Gasteiger partial charge in [-0.2, -0.15) is 11.8 Å². The largest absolute Gasteiger partial charge is 0.388 e. The molecule has 0 spiro atoms. The third-order valence-electron chi connectivity index (χ3n) is 2.38. The lowest BCUT2D eigenvalue weighted by atomic mass is 10.1. The molecule has 0 aliphatic heterocycles. The van der Waals surface area contributed by atoms with Crippen LogP contribution in [0, 0.1) is 16.7 Å². The third-order valence-corrected chi connectivity index (χ3v) is 4.10. The van der Waals surface area contributed by atoms with E-state index in [0.29, 0.717) is 11.3 Å². The smallest absolute Gasteiger partial charge is 0.0911 e. The molecule has 1 aliphatic rings. The summed E-state index contributed by atoms with van der Waals surface area (Å²) in [5.74, 6) is 3.57. The molecule has 0 bridgehead atoms. The topological polar surface area (TPSA) is 49.9 Å². The number of nitrogens with one attached hydrogen (secondary N) is 1. The van der Waals surface area contributed by atoms with Gasteiger partial charge in [0.15, 0.2) is 0 Å². The Morgan fingerprint density at radius 2 is 2.15 bits per heavy atom. The van der Waals surface area contributed by atoms with Gasteiger partial charge in [0.1, 0.15) is 0 Å². The van der Waals surface area contributed by atoms with E-state index in [4.69, 9.17) is 11.1 Å². The molecule has 0 saturated heterocycles. The maximum absolute atomic E-state index is 7.28. The highest BCUT2D eigenvalue weighted by Crippen LogP contribution is 2.50. The summed E-state index contributed by atoms with van der Waals surface area (Å²) in [5, 5.41) is 7.28. The van der Waals surface area contributed by atoms with E-state index in [1.807, 2.05) is 11.8 Å². The van der Waals surface area contributed by atoms with Gasteiger partial charge in [0.2, 0.25) is 0 Å². The van der Waals surface area contributed by atoms with Gasteiger partial charge in [0.05, 0.1) is 5.84 Å². The summed E-state index contributed by atoms with van der Waals surface area (Å²) < 4.78 is 0. The Balaban J connectivity index is 2.16. The van der Waals surface area contributed by atoms with E-state index in [0.717, 1.165) is 12.3 Å².